The zero-order valence-corrected chi connectivity index (χ0v) is 11.2. The van der Waals surface area contributed by atoms with Gasteiger partial charge in [0.2, 0.25) is 0 Å². The van der Waals surface area contributed by atoms with Crippen LogP contribution in [0.2, 0.25) is 0 Å². The lowest BCUT2D eigenvalue weighted by molar-refractivity contribution is 0.324. The highest BCUT2D eigenvalue weighted by atomic mass is 32.2. The summed E-state index contributed by atoms with van der Waals surface area (Å²) in [6, 6.07) is 0. The van der Waals surface area contributed by atoms with Crippen LogP contribution in [0.3, 0.4) is 0 Å². The lowest BCUT2D eigenvalue weighted by atomic mass is 10.1. The molecule has 1 N–H and O–H groups in total. The summed E-state index contributed by atoms with van der Waals surface area (Å²) in [6.45, 7) is 5.96. The van der Waals surface area contributed by atoms with Crippen molar-refractivity contribution in [2.75, 3.05) is 44.7 Å². The van der Waals surface area contributed by atoms with Crippen molar-refractivity contribution in [3.63, 3.8) is 0 Å². The van der Waals surface area contributed by atoms with Gasteiger partial charge >= 0.3 is 0 Å². The highest BCUT2D eigenvalue weighted by Crippen LogP contribution is 2.15. The van der Waals surface area contributed by atoms with E-state index in [4.69, 9.17) is 0 Å². The molecule has 0 aliphatic carbocycles. The normalized spacial score (nSPS) is 22.8. The largest absolute Gasteiger partial charge is 0.319 e. The molecule has 1 unspecified atom stereocenters. The molecule has 4 nitrogen and oxygen atoms in total. The van der Waals surface area contributed by atoms with E-state index in [0.29, 0.717) is 5.75 Å². The van der Waals surface area contributed by atoms with Crippen molar-refractivity contribution >= 4 is 9.84 Å². The predicted molar refractivity (Wildman–Crippen MR) is 67.4 cm³/mol. The quantitative estimate of drug-likeness (QED) is 0.706. The maximum atomic E-state index is 11.3. The Morgan fingerprint density at radius 2 is 2.19 bits per heavy atom. The lowest BCUT2D eigenvalue weighted by Crippen LogP contribution is -2.26. The second kappa shape index (κ2) is 6.57. The Labute approximate surface area is 99.3 Å². The predicted octanol–water partition coefficient (Wildman–Crippen LogP) is 0.353. The second-order valence-corrected chi connectivity index (χ2v) is 7.08. The summed E-state index contributed by atoms with van der Waals surface area (Å²) in [5.41, 5.74) is 0. The summed E-state index contributed by atoms with van der Waals surface area (Å²) in [4.78, 5) is 2.38. The molecule has 0 spiro atoms. The first-order valence-electron chi connectivity index (χ1n) is 6.14. The Morgan fingerprint density at radius 1 is 1.44 bits per heavy atom. The lowest BCUT2D eigenvalue weighted by Gasteiger charge is -2.15. The maximum Gasteiger partial charge on any atom is 0.150 e. The molecule has 1 fully saturated rings. The van der Waals surface area contributed by atoms with Crippen LogP contribution in [-0.4, -0.2) is 58.1 Å². The fourth-order valence-corrected chi connectivity index (χ4v) is 3.08. The van der Waals surface area contributed by atoms with Gasteiger partial charge in [-0.1, -0.05) is 6.92 Å². The first-order chi connectivity index (χ1) is 7.57. The third-order valence-corrected chi connectivity index (χ3v) is 5.02. The summed E-state index contributed by atoms with van der Waals surface area (Å²) in [7, 11) is -0.791. The van der Waals surface area contributed by atoms with E-state index in [1.165, 1.54) is 6.42 Å². The second-order valence-electron chi connectivity index (χ2n) is 4.60. The van der Waals surface area contributed by atoms with E-state index >= 15 is 0 Å². The van der Waals surface area contributed by atoms with Crippen LogP contribution in [0.15, 0.2) is 0 Å². The van der Waals surface area contributed by atoms with Crippen molar-refractivity contribution < 1.29 is 8.42 Å². The topological polar surface area (TPSA) is 49.4 Å². The highest BCUT2D eigenvalue weighted by Gasteiger charge is 2.21. The van der Waals surface area contributed by atoms with Crippen molar-refractivity contribution in [1.82, 2.24) is 10.2 Å². The molecule has 1 aliphatic heterocycles. The van der Waals surface area contributed by atoms with Crippen molar-refractivity contribution in [3.8, 4) is 0 Å². The van der Waals surface area contributed by atoms with Gasteiger partial charge in [-0.2, -0.15) is 0 Å². The molecule has 96 valence electrons. The minimum atomic E-state index is -2.77. The molecule has 16 heavy (non-hydrogen) atoms. The fraction of sp³-hybridized carbons (Fsp3) is 1.00. The molecule has 1 aliphatic rings. The summed E-state index contributed by atoms with van der Waals surface area (Å²) >= 11 is 0. The summed E-state index contributed by atoms with van der Waals surface area (Å²) < 4.78 is 22.6. The van der Waals surface area contributed by atoms with Crippen LogP contribution >= 0.6 is 0 Å². The van der Waals surface area contributed by atoms with Crippen molar-refractivity contribution in [3.05, 3.63) is 0 Å². The number of likely N-dealkylation sites (tertiary alicyclic amines) is 1. The van der Waals surface area contributed by atoms with Crippen LogP contribution in [0, 0.1) is 5.92 Å². The number of hydrogen-bond donors (Lipinski definition) is 1. The Hall–Kier alpha value is -0.130. The number of nitrogens with one attached hydrogen (secondary N) is 1. The van der Waals surface area contributed by atoms with Crippen LogP contribution in [0.25, 0.3) is 0 Å². The van der Waals surface area contributed by atoms with Gasteiger partial charge in [-0.25, -0.2) is 8.42 Å². The van der Waals surface area contributed by atoms with Gasteiger partial charge in [-0.05, 0) is 45.4 Å². The van der Waals surface area contributed by atoms with E-state index in [1.54, 1.807) is 6.92 Å². The van der Waals surface area contributed by atoms with Gasteiger partial charge in [0, 0.05) is 12.3 Å². The molecule has 1 heterocycles. The fourth-order valence-electron chi connectivity index (χ4n) is 2.22. The number of sulfone groups is 1. The monoisotopic (exact) mass is 248 g/mol. The highest BCUT2D eigenvalue weighted by molar-refractivity contribution is 7.91. The Balaban J connectivity index is 2.16. The molecule has 0 aromatic rings. The van der Waals surface area contributed by atoms with Crippen molar-refractivity contribution in [2.45, 2.75) is 19.8 Å². The van der Waals surface area contributed by atoms with Crippen molar-refractivity contribution in [1.29, 1.82) is 0 Å². The van der Waals surface area contributed by atoms with E-state index in [1.807, 2.05) is 7.05 Å². The smallest absolute Gasteiger partial charge is 0.150 e. The Kier molecular flexibility index (Phi) is 5.72. The molecule has 5 heteroatoms. The Bertz CT molecular complexity index is 290. The summed E-state index contributed by atoms with van der Waals surface area (Å²) in [5.74, 6) is 1.36. The minimum Gasteiger partial charge on any atom is -0.319 e. The van der Waals surface area contributed by atoms with Crippen LogP contribution in [0.4, 0.5) is 0 Å². The minimum absolute atomic E-state index is 0.273. The average Bonchev–Trinajstić information content (AvgIpc) is 2.66. The van der Waals surface area contributed by atoms with Gasteiger partial charge in [0.05, 0.1) is 5.75 Å². The number of rotatable bonds is 7. The van der Waals surface area contributed by atoms with E-state index in [-0.39, 0.29) is 5.75 Å². The van der Waals surface area contributed by atoms with Gasteiger partial charge in [-0.3, -0.25) is 0 Å². The van der Waals surface area contributed by atoms with Gasteiger partial charge in [0.1, 0.15) is 9.84 Å². The molecule has 0 radical (unpaired) electrons. The molecule has 0 amide bonds. The third-order valence-electron chi connectivity index (χ3n) is 3.23. The molecule has 1 atom stereocenters. The first kappa shape index (κ1) is 13.9. The van der Waals surface area contributed by atoms with Crippen LogP contribution < -0.4 is 5.32 Å². The summed E-state index contributed by atoms with van der Waals surface area (Å²) in [5, 5.41) is 3.20. The molecular weight excluding hydrogens is 224 g/mol. The van der Waals surface area contributed by atoms with E-state index < -0.39 is 9.84 Å². The van der Waals surface area contributed by atoms with E-state index in [2.05, 4.69) is 10.2 Å². The van der Waals surface area contributed by atoms with Gasteiger partial charge in [-0.15, -0.1) is 0 Å². The average molecular weight is 248 g/mol. The van der Waals surface area contributed by atoms with Crippen LogP contribution in [-0.2, 0) is 9.84 Å². The SMILES string of the molecule is CCS(=O)(=O)CCCN1CCC(CNC)C1. The zero-order valence-electron chi connectivity index (χ0n) is 10.4. The van der Waals surface area contributed by atoms with Crippen LogP contribution in [0.1, 0.15) is 19.8 Å². The third kappa shape index (κ3) is 4.80. The first-order valence-corrected chi connectivity index (χ1v) is 7.97. The molecule has 1 rings (SSSR count). The molecule has 0 aromatic carbocycles. The summed E-state index contributed by atoms with van der Waals surface area (Å²) in [6.07, 6.45) is 2.02. The molecule has 1 saturated heterocycles. The maximum absolute atomic E-state index is 11.3. The van der Waals surface area contributed by atoms with Crippen molar-refractivity contribution in [2.24, 2.45) is 5.92 Å². The van der Waals surface area contributed by atoms with E-state index in [0.717, 1.165) is 38.5 Å². The standard InChI is InChI=1S/C11H24N2O2S/c1-3-16(14,15)8-4-6-13-7-5-11(10-13)9-12-2/h11-12H,3-10H2,1-2H3. The number of nitrogens with zero attached hydrogens (tertiary/aromatic N) is 1. The Morgan fingerprint density at radius 3 is 2.81 bits per heavy atom. The zero-order chi connectivity index (χ0) is 12.0. The molecule has 0 bridgehead atoms. The van der Waals surface area contributed by atoms with Crippen LogP contribution in [0.5, 0.6) is 0 Å². The van der Waals surface area contributed by atoms with Gasteiger partial charge in [0.25, 0.3) is 0 Å². The molecule has 0 aromatic heterocycles. The number of hydrogen-bond acceptors (Lipinski definition) is 4. The van der Waals surface area contributed by atoms with Gasteiger partial charge < -0.3 is 10.2 Å². The molecule has 0 saturated carbocycles. The van der Waals surface area contributed by atoms with E-state index in [9.17, 15) is 8.42 Å². The molecular formula is C11H24N2O2S. The van der Waals surface area contributed by atoms with Gasteiger partial charge in [0.15, 0.2) is 0 Å².